The van der Waals surface area contributed by atoms with E-state index in [9.17, 15) is 32.9 Å². The number of nitro groups is 1. The van der Waals surface area contributed by atoms with Crippen LogP contribution in [0.4, 0.5) is 24.5 Å². The van der Waals surface area contributed by atoms with Gasteiger partial charge in [-0.05, 0) is 25.8 Å². The van der Waals surface area contributed by atoms with E-state index < -0.39 is 46.0 Å². The number of nitro benzene ring substituents is 1. The molecule has 1 saturated carbocycles. The Kier molecular flexibility index (Phi) is 4.76. The van der Waals surface area contributed by atoms with Crippen LogP contribution < -0.4 is 5.32 Å². The molecule has 1 fully saturated rings. The molecule has 1 aliphatic rings. The molecule has 1 N–H and O–H groups in total. The van der Waals surface area contributed by atoms with Gasteiger partial charge < -0.3 is 10.1 Å². The Morgan fingerprint density at radius 3 is 2.50 bits per heavy atom. The van der Waals surface area contributed by atoms with E-state index in [1.54, 1.807) is 0 Å². The van der Waals surface area contributed by atoms with E-state index in [0.29, 0.717) is 18.9 Å². The van der Waals surface area contributed by atoms with E-state index in [0.717, 1.165) is 12.1 Å². The molecule has 2 rings (SSSR count). The third kappa shape index (κ3) is 4.21. The van der Waals surface area contributed by atoms with Gasteiger partial charge in [-0.2, -0.15) is 13.2 Å². The lowest BCUT2D eigenvalue weighted by molar-refractivity contribution is -0.385. The van der Waals surface area contributed by atoms with Crippen LogP contribution in [0.3, 0.4) is 0 Å². The molecule has 1 aliphatic carbocycles. The van der Waals surface area contributed by atoms with Gasteiger partial charge in [0.15, 0.2) is 6.10 Å². The van der Waals surface area contributed by atoms with E-state index in [1.807, 2.05) is 5.32 Å². The predicted molar refractivity (Wildman–Crippen MR) is 75.0 cm³/mol. The number of carbonyl (C=O) groups excluding carboxylic acids is 2. The maximum atomic E-state index is 13.0. The van der Waals surface area contributed by atoms with E-state index in [4.69, 9.17) is 4.74 Å². The standard InChI is InChI=1S/C14H13F3N2O5/c1-7(24-13(21)8-2-3-8)12(20)18-11-5-4-9(19(22)23)6-10(11)14(15,16)17/h4-8H,2-3H2,1H3,(H,18,20)/t7-/m0/s1. The SMILES string of the molecule is C[C@H](OC(=O)C1CC1)C(=O)Nc1ccc([N+](=O)[O-])cc1C(F)(F)F. The Morgan fingerprint density at radius 2 is 2.00 bits per heavy atom. The van der Waals surface area contributed by atoms with Crippen molar-refractivity contribution in [2.24, 2.45) is 5.92 Å². The molecule has 1 aromatic rings. The fourth-order valence-corrected chi connectivity index (χ4v) is 1.87. The second kappa shape index (κ2) is 6.46. The highest BCUT2D eigenvalue weighted by molar-refractivity contribution is 5.96. The van der Waals surface area contributed by atoms with Gasteiger partial charge in [-0.25, -0.2) is 0 Å². The van der Waals surface area contributed by atoms with Crippen molar-refractivity contribution >= 4 is 23.3 Å². The second-order valence-electron chi connectivity index (χ2n) is 5.33. The fourth-order valence-electron chi connectivity index (χ4n) is 1.87. The van der Waals surface area contributed by atoms with Crippen LogP contribution in [0.5, 0.6) is 0 Å². The Morgan fingerprint density at radius 1 is 1.38 bits per heavy atom. The van der Waals surface area contributed by atoms with Crippen LogP contribution >= 0.6 is 0 Å². The molecule has 0 aromatic heterocycles. The highest BCUT2D eigenvalue weighted by Crippen LogP contribution is 2.37. The van der Waals surface area contributed by atoms with Gasteiger partial charge in [-0.1, -0.05) is 0 Å². The lowest BCUT2D eigenvalue weighted by Crippen LogP contribution is -2.31. The maximum Gasteiger partial charge on any atom is 0.418 e. The first-order valence-electron chi connectivity index (χ1n) is 6.96. The number of halogens is 3. The van der Waals surface area contributed by atoms with Crippen molar-refractivity contribution in [3.8, 4) is 0 Å². The number of carbonyl (C=O) groups is 2. The smallest absolute Gasteiger partial charge is 0.418 e. The quantitative estimate of drug-likeness (QED) is 0.502. The average molecular weight is 346 g/mol. The van der Waals surface area contributed by atoms with Crippen molar-refractivity contribution in [1.82, 2.24) is 0 Å². The zero-order chi connectivity index (χ0) is 18.1. The fraction of sp³-hybridized carbons (Fsp3) is 0.429. The molecular formula is C14H13F3N2O5. The van der Waals surface area contributed by atoms with Gasteiger partial charge in [-0.3, -0.25) is 19.7 Å². The van der Waals surface area contributed by atoms with Crippen molar-refractivity contribution in [2.45, 2.75) is 32.0 Å². The Labute approximate surface area is 133 Å². The van der Waals surface area contributed by atoms with Crippen LogP contribution in [0.2, 0.25) is 0 Å². The number of nitrogens with one attached hydrogen (secondary N) is 1. The number of anilines is 1. The van der Waals surface area contributed by atoms with Gasteiger partial charge in [0.1, 0.15) is 0 Å². The molecule has 0 aliphatic heterocycles. The van der Waals surface area contributed by atoms with E-state index >= 15 is 0 Å². The normalized spacial score (nSPS) is 15.5. The molecular weight excluding hydrogens is 333 g/mol. The molecule has 0 bridgehead atoms. The summed E-state index contributed by atoms with van der Waals surface area (Å²) in [4.78, 5) is 33.0. The van der Waals surface area contributed by atoms with Crippen LogP contribution in [-0.2, 0) is 20.5 Å². The molecule has 7 nitrogen and oxygen atoms in total. The molecule has 0 saturated heterocycles. The molecule has 0 spiro atoms. The first-order valence-corrected chi connectivity index (χ1v) is 6.96. The number of hydrogen-bond acceptors (Lipinski definition) is 5. The number of benzene rings is 1. The summed E-state index contributed by atoms with van der Waals surface area (Å²) >= 11 is 0. The van der Waals surface area contributed by atoms with Crippen LogP contribution in [0.15, 0.2) is 18.2 Å². The van der Waals surface area contributed by atoms with Crippen molar-refractivity contribution in [3.05, 3.63) is 33.9 Å². The average Bonchev–Trinajstić information content (AvgIpc) is 3.30. The summed E-state index contributed by atoms with van der Waals surface area (Å²) in [6.07, 6.45) is -4.86. The number of rotatable bonds is 5. The van der Waals surface area contributed by atoms with Crippen molar-refractivity contribution in [1.29, 1.82) is 0 Å². The van der Waals surface area contributed by atoms with Crippen molar-refractivity contribution in [3.63, 3.8) is 0 Å². The minimum absolute atomic E-state index is 0.259. The molecule has 1 amide bonds. The Bertz CT molecular complexity index is 685. The van der Waals surface area contributed by atoms with Gasteiger partial charge in [0.25, 0.3) is 11.6 Å². The topological polar surface area (TPSA) is 98.5 Å². The van der Waals surface area contributed by atoms with Crippen LogP contribution in [0, 0.1) is 16.0 Å². The number of ether oxygens (including phenoxy) is 1. The van der Waals surface area contributed by atoms with Crippen molar-refractivity contribution < 1.29 is 32.4 Å². The third-order valence-corrected chi connectivity index (χ3v) is 3.35. The number of hydrogen-bond donors (Lipinski definition) is 1. The molecule has 130 valence electrons. The number of amides is 1. The number of esters is 1. The Balaban J connectivity index is 2.16. The summed E-state index contributed by atoms with van der Waals surface area (Å²) in [5, 5.41) is 12.6. The molecule has 0 heterocycles. The number of non-ortho nitro benzene ring substituents is 1. The summed E-state index contributed by atoms with van der Waals surface area (Å²) in [7, 11) is 0. The summed E-state index contributed by atoms with van der Waals surface area (Å²) < 4.78 is 43.9. The van der Waals surface area contributed by atoms with Gasteiger partial charge >= 0.3 is 12.1 Å². The largest absolute Gasteiger partial charge is 0.452 e. The lowest BCUT2D eigenvalue weighted by atomic mass is 10.1. The van der Waals surface area contributed by atoms with Gasteiger partial charge in [0, 0.05) is 12.1 Å². The van der Waals surface area contributed by atoms with E-state index in [2.05, 4.69) is 0 Å². The van der Waals surface area contributed by atoms with Crippen LogP contribution in [-0.4, -0.2) is 22.9 Å². The zero-order valence-electron chi connectivity index (χ0n) is 12.4. The second-order valence-corrected chi connectivity index (χ2v) is 5.33. The van der Waals surface area contributed by atoms with Gasteiger partial charge in [0.2, 0.25) is 0 Å². The lowest BCUT2D eigenvalue weighted by Gasteiger charge is -2.16. The van der Waals surface area contributed by atoms with Gasteiger partial charge in [-0.15, -0.1) is 0 Å². The molecule has 10 heteroatoms. The summed E-state index contributed by atoms with van der Waals surface area (Å²) in [6, 6.07) is 1.95. The Hall–Kier alpha value is -2.65. The van der Waals surface area contributed by atoms with E-state index in [-0.39, 0.29) is 5.92 Å². The highest BCUT2D eigenvalue weighted by Gasteiger charge is 2.37. The monoisotopic (exact) mass is 346 g/mol. The molecule has 24 heavy (non-hydrogen) atoms. The van der Waals surface area contributed by atoms with E-state index in [1.165, 1.54) is 6.92 Å². The van der Waals surface area contributed by atoms with Gasteiger partial charge in [0.05, 0.1) is 22.1 Å². The highest BCUT2D eigenvalue weighted by atomic mass is 19.4. The molecule has 0 unspecified atom stereocenters. The first-order chi connectivity index (χ1) is 11.1. The summed E-state index contributed by atoms with van der Waals surface area (Å²) in [5.41, 5.74) is -2.76. The first kappa shape index (κ1) is 17.7. The number of alkyl halides is 3. The van der Waals surface area contributed by atoms with Crippen LogP contribution in [0.25, 0.3) is 0 Å². The molecule has 1 aromatic carbocycles. The molecule has 1 atom stereocenters. The minimum Gasteiger partial charge on any atom is -0.452 e. The zero-order valence-corrected chi connectivity index (χ0v) is 12.4. The summed E-state index contributed by atoms with van der Waals surface area (Å²) in [6.45, 7) is 1.23. The minimum atomic E-state index is -4.90. The van der Waals surface area contributed by atoms with Crippen molar-refractivity contribution in [2.75, 3.05) is 5.32 Å². The van der Waals surface area contributed by atoms with Crippen LogP contribution in [0.1, 0.15) is 25.3 Å². The summed E-state index contributed by atoms with van der Waals surface area (Å²) in [5.74, 6) is -1.79. The third-order valence-electron chi connectivity index (χ3n) is 3.35. The predicted octanol–water partition coefficient (Wildman–Crippen LogP) is 2.89. The maximum absolute atomic E-state index is 13.0. The molecule has 0 radical (unpaired) electrons. The number of nitrogens with zero attached hydrogens (tertiary/aromatic N) is 1.